The van der Waals surface area contributed by atoms with E-state index < -0.39 is 0 Å². The summed E-state index contributed by atoms with van der Waals surface area (Å²) in [6.45, 7) is 9.24. The van der Waals surface area contributed by atoms with Crippen molar-refractivity contribution in [1.29, 1.82) is 0 Å². The van der Waals surface area contributed by atoms with Crippen LogP contribution in [0.3, 0.4) is 0 Å². The standard InChI is InChI=1S/C14H18OS2/c1-5-15-13-9(2)6-12(7-10(13)3)14-11(4)8-16-17-14/h6-7H,5,8H2,1-4H3. The SMILES string of the molecule is CCOc1c(C)cc(C2=C(C)CSS2)cc1C. The highest BCUT2D eigenvalue weighted by molar-refractivity contribution is 8.80. The molecule has 0 atom stereocenters. The smallest absolute Gasteiger partial charge is 0.125 e. The summed E-state index contributed by atoms with van der Waals surface area (Å²) >= 11 is 0. The van der Waals surface area contributed by atoms with E-state index in [1.807, 2.05) is 28.5 Å². The Balaban J connectivity index is 2.42. The summed E-state index contributed by atoms with van der Waals surface area (Å²) in [5.41, 5.74) is 5.30. The van der Waals surface area contributed by atoms with Crippen LogP contribution in [0, 0.1) is 13.8 Å². The number of ether oxygens (including phenoxy) is 1. The Morgan fingerprint density at radius 3 is 2.29 bits per heavy atom. The van der Waals surface area contributed by atoms with Crippen LogP contribution in [0.4, 0.5) is 0 Å². The summed E-state index contributed by atoms with van der Waals surface area (Å²) in [5.74, 6) is 2.19. The summed E-state index contributed by atoms with van der Waals surface area (Å²) in [5, 5.41) is 0. The first-order valence-corrected chi connectivity index (χ1v) is 8.19. The van der Waals surface area contributed by atoms with E-state index in [1.165, 1.54) is 27.2 Å². The summed E-state index contributed by atoms with van der Waals surface area (Å²) < 4.78 is 5.68. The van der Waals surface area contributed by atoms with Crippen LogP contribution in [-0.2, 0) is 0 Å². The first-order valence-electron chi connectivity index (χ1n) is 5.87. The van der Waals surface area contributed by atoms with Gasteiger partial charge in [0.25, 0.3) is 0 Å². The lowest BCUT2D eigenvalue weighted by atomic mass is 10.0. The molecular formula is C14H18OS2. The Morgan fingerprint density at radius 2 is 1.82 bits per heavy atom. The zero-order valence-corrected chi connectivity index (χ0v) is 12.4. The quantitative estimate of drug-likeness (QED) is 0.725. The van der Waals surface area contributed by atoms with Crippen molar-refractivity contribution >= 4 is 26.5 Å². The Morgan fingerprint density at radius 1 is 1.18 bits per heavy atom. The second-order valence-corrected chi connectivity index (χ2v) is 6.63. The van der Waals surface area contributed by atoms with Gasteiger partial charge in [-0.05, 0) is 62.1 Å². The Hall–Kier alpha value is -0.540. The molecule has 3 heteroatoms. The summed E-state index contributed by atoms with van der Waals surface area (Å²) in [7, 11) is 3.82. The average Bonchev–Trinajstić information content (AvgIpc) is 2.69. The maximum Gasteiger partial charge on any atom is 0.125 e. The van der Waals surface area contributed by atoms with Crippen molar-refractivity contribution in [2.24, 2.45) is 0 Å². The number of aryl methyl sites for hydroxylation is 2. The van der Waals surface area contributed by atoms with Crippen molar-refractivity contribution in [3.63, 3.8) is 0 Å². The molecule has 0 aromatic heterocycles. The van der Waals surface area contributed by atoms with Gasteiger partial charge in [-0.25, -0.2) is 0 Å². The Kier molecular flexibility index (Phi) is 4.10. The molecule has 0 aliphatic carbocycles. The van der Waals surface area contributed by atoms with Crippen molar-refractivity contribution in [2.75, 3.05) is 12.4 Å². The van der Waals surface area contributed by atoms with Gasteiger partial charge in [-0.15, -0.1) is 0 Å². The number of benzene rings is 1. The maximum atomic E-state index is 5.68. The fourth-order valence-corrected chi connectivity index (χ4v) is 4.86. The lowest BCUT2D eigenvalue weighted by molar-refractivity contribution is 0.335. The first kappa shape index (κ1) is 12.9. The topological polar surface area (TPSA) is 9.23 Å². The maximum absolute atomic E-state index is 5.68. The molecule has 92 valence electrons. The predicted octanol–water partition coefficient (Wildman–Crippen LogP) is 4.83. The molecular weight excluding hydrogens is 248 g/mol. The Bertz CT molecular complexity index is 440. The molecule has 1 nitrogen and oxygen atoms in total. The van der Waals surface area contributed by atoms with Gasteiger partial charge in [0.1, 0.15) is 5.75 Å². The number of hydrogen-bond donors (Lipinski definition) is 0. The van der Waals surface area contributed by atoms with E-state index in [2.05, 4.69) is 32.9 Å². The molecule has 0 N–H and O–H groups in total. The highest BCUT2D eigenvalue weighted by Gasteiger charge is 2.16. The van der Waals surface area contributed by atoms with Crippen LogP contribution in [0.1, 0.15) is 30.5 Å². The monoisotopic (exact) mass is 266 g/mol. The van der Waals surface area contributed by atoms with Crippen molar-refractivity contribution < 1.29 is 4.74 Å². The molecule has 1 aromatic rings. The van der Waals surface area contributed by atoms with Gasteiger partial charge in [0.2, 0.25) is 0 Å². The van der Waals surface area contributed by atoms with Gasteiger partial charge in [-0.3, -0.25) is 0 Å². The zero-order valence-electron chi connectivity index (χ0n) is 10.8. The van der Waals surface area contributed by atoms with Crippen LogP contribution in [-0.4, -0.2) is 12.4 Å². The van der Waals surface area contributed by atoms with E-state index in [-0.39, 0.29) is 0 Å². The molecule has 1 aromatic carbocycles. The normalized spacial score (nSPS) is 15.5. The highest BCUT2D eigenvalue weighted by atomic mass is 33.1. The third-order valence-electron chi connectivity index (χ3n) is 2.82. The molecule has 0 spiro atoms. The molecule has 1 aliphatic heterocycles. The molecule has 0 unspecified atom stereocenters. The minimum atomic E-state index is 0.730. The lowest BCUT2D eigenvalue weighted by Crippen LogP contribution is -1.98. The van der Waals surface area contributed by atoms with Crippen molar-refractivity contribution in [3.05, 3.63) is 34.4 Å². The van der Waals surface area contributed by atoms with Crippen LogP contribution in [0.15, 0.2) is 17.7 Å². The van der Waals surface area contributed by atoms with Crippen LogP contribution < -0.4 is 4.74 Å². The van der Waals surface area contributed by atoms with E-state index in [0.29, 0.717) is 0 Å². The molecule has 1 heterocycles. The van der Waals surface area contributed by atoms with E-state index >= 15 is 0 Å². The molecule has 0 fully saturated rings. The van der Waals surface area contributed by atoms with E-state index in [9.17, 15) is 0 Å². The van der Waals surface area contributed by atoms with Crippen LogP contribution in [0.25, 0.3) is 4.91 Å². The van der Waals surface area contributed by atoms with Crippen molar-refractivity contribution in [1.82, 2.24) is 0 Å². The van der Waals surface area contributed by atoms with Gasteiger partial charge in [0.15, 0.2) is 0 Å². The largest absolute Gasteiger partial charge is 0.493 e. The summed E-state index contributed by atoms with van der Waals surface area (Å²) in [4.78, 5) is 1.43. The third-order valence-corrected chi connectivity index (χ3v) is 5.44. The summed E-state index contributed by atoms with van der Waals surface area (Å²) in [6.07, 6.45) is 0. The lowest BCUT2D eigenvalue weighted by Gasteiger charge is -2.13. The second kappa shape index (κ2) is 5.40. The van der Waals surface area contributed by atoms with Crippen molar-refractivity contribution in [3.8, 4) is 5.75 Å². The van der Waals surface area contributed by atoms with Crippen molar-refractivity contribution in [2.45, 2.75) is 27.7 Å². The Labute approximate surface area is 111 Å². The van der Waals surface area contributed by atoms with Gasteiger partial charge in [0.05, 0.1) is 6.61 Å². The number of hydrogen-bond acceptors (Lipinski definition) is 3. The fraction of sp³-hybridized carbons (Fsp3) is 0.429. The predicted molar refractivity (Wildman–Crippen MR) is 79.7 cm³/mol. The van der Waals surface area contributed by atoms with Gasteiger partial charge in [0, 0.05) is 10.7 Å². The molecule has 0 saturated carbocycles. The second-order valence-electron chi connectivity index (χ2n) is 4.33. The molecule has 1 aliphatic rings. The fourth-order valence-electron chi connectivity index (χ4n) is 2.06. The first-order chi connectivity index (χ1) is 8.13. The van der Waals surface area contributed by atoms with E-state index in [4.69, 9.17) is 4.74 Å². The molecule has 0 bridgehead atoms. The van der Waals surface area contributed by atoms with Gasteiger partial charge in [-0.1, -0.05) is 21.6 Å². The van der Waals surface area contributed by atoms with E-state index in [1.54, 1.807) is 0 Å². The van der Waals surface area contributed by atoms with Gasteiger partial charge in [-0.2, -0.15) is 0 Å². The van der Waals surface area contributed by atoms with E-state index in [0.717, 1.165) is 18.1 Å². The minimum Gasteiger partial charge on any atom is -0.493 e. The van der Waals surface area contributed by atoms with Gasteiger partial charge >= 0.3 is 0 Å². The van der Waals surface area contributed by atoms with Crippen LogP contribution >= 0.6 is 21.6 Å². The minimum absolute atomic E-state index is 0.730. The van der Waals surface area contributed by atoms with Crippen LogP contribution in [0.5, 0.6) is 5.75 Å². The summed E-state index contributed by atoms with van der Waals surface area (Å²) in [6, 6.07) is 4.49. The molecule has 0 amide bonds. The molecule has 17 heavy (non-hydrogen) atoms. The highest BCUT2D eigenvalue weighted by Crippen LogP contribution is 2.47. The molecule has 0 radical (unpaired) electrons. The average molecular weight is 266 g/mol. The van der Waals surface area contributed by atoms with Crippen LogP contribution in [0.2, 0.25) is 0 Å². The third kappa shape index (κ3) is 2.66. The zero-order chi connectivity index (χ0) is 12.4. The molecule has 0 saturated heterocycles. The number of rotatable bonds is 3. The molecule has 2 rings (SSSR count). The van der Waals surface area contributed by atoms with Gasteiger partial charge < -0.3 is 4.74 Å².